The molecule has 2 amide bonds. The van der Waals surface area contributed by atoms with E-state index in [4.69, 9.17) is 0 Å². The Labute approximate surface area is 115 Å². The van der Waals surface area contributed by atoms with Crippen molar-refractivity contribution in [1.82, 2.24) is 5.32 Å². The number of hydrogen-bond donors (Lipinski definition) is 2. The molecule has 2 rings (SSSR count). The molecule has 0 saturated carbocycles. The van der Waals surface area contributed by atoms with E-state index in [0.717, 1.165) is 5.69 Å². The van der Waals surface area contributed by atoms with Gasteiger partial charge in [0.15, 0.2) is 0 Å². The molecular formula is C14H14N2O2S. The third-order valence-electron chi connectivity index (χ3n) is 2.44. The largest absolute Gasteiger partial charge is 0.351 e. The molecule has 0 atom stereocenters. The third kappa shape index (κ3) is 4.22. The number of rotatable bonds is 5. The van der Waals surface area contributed by atoms with E-state index in [2.05, 4.69) is 10.6 Å². The van der Waals surface area contributed by atoms with Crippen LogP contribution >= 0.6 is 11.3 Å². The summed E-state index contributed by atoms with van der Waals surface area (Å²) in [6.45, 7) is 0.329. The first kappa shape index (κ1) is 13.3. The maximum atomic E-state index is 11.6. The molecule has 5 heteroatoms. The lowest BCUT2D eigenvalue weighted by molar-refractivity contribution is -0.116. The molecule has 0 saturated heterocycles. The van der Waals surface area contributed by atoms with Crippen LogP contribution in [0.25, 0.3) is 0 Å². The van der Waals surface area contributed by atoms with Gasteiger partial charge in [-0.1, -0.05) is 24.3 Å². The molecule has 0 aliphatic carbocycles. The highest BCUT2D eigenvalue weighted by atomic mass is 32.1. The SMILES string of the molecule is O=C(CCNC(=O)c1cccs1)Nc1ccccc1. The minimum absolute atomic E-state index is 0.113. The molecule has 0 radical (unpaired) electrons. The maximum Gasteiger partial charge on any atom is 0.261 e. The second-order valence-corrected chi connectivity index (χ2v) is 4.85. The van der Waals surface area contributed by atoms with Gasteiger partial charge in [-0.05, 0) is 23.6 Å². The number of para-hydroxylation sites is 1. The van der Waals surface area contributed by atoms with E-state index in [0.29, 0.717) is 11.4 Å². The number of benzene rings is 1. The summed E-state index contributed by atoms with van der Waals surface area (Å²) < 4.78 is 0. The van der Waals surface area contributed by atoms with Crippen molar-refractivity contribution in [3.8, 4) is 0 Å². The minimum atomic E-state index is -0.137. The van der Waals surface area contributed by atoms with Crippen LogP contribution in [0.3, 0.4) is 0 Å². The van der Waals surface area contributed by atoms with Crippen LogP contribution in [0.15, 0.2) is 47.8 Å². The van der Waals surface area contributed by atoms with Crippen LogP contribution in [-0.2, 0) is 4.79 Å². The second kappa shape index (κ2) is 6.70. The standard InChI is InChI=1S/C14H14N2O2S/c17-13(16-11-5-2-1-3-6-11)8-9-15-14(18)12-7-4-10-19-12/h1-7,10H,8-9H2,(H,15,18)(H,16,17). The zero-order valence-electron chi connectivity index (χ0n) is 10.3. The zero-order chi connectivity index (χ0) is 13.5. The predicted octanol–water partition coefficient (Wildman–Crippen LogP) is 2.51. The van der Waals surface area contributed by atoms with Gasteiger partial charge in [0, 0.05) is 18.7 Å². The van der Waals surface area contributed by atoms with Crippen LogP contribution in [0, 0.1) is 0 Å². The Bertz CT molecular complexity index is 538. The molecule has 2 N–H and O–H groups in total. The first-order valence-electron chi connectivity index (χ1n) is 5.92. The van der Waals surface area contributed by atoms with Crippen LogP contribution in [0.5, 0.6) is 0 Å². The van der Waals surface area contributed by atoms with E-state index in [-0.39, 0.29) is 18.2 Å². The lowest BCUT2D eigenvalue weighted by Gasteiger charge is -2.05. The number of carbonyl (C=O) groups excluding carboxylic acids is 2. The molecule has 0 aliphatic rings. The van der Waals surface area contributed by atoms with E-state index in [1.54, 1.807) is 6.07 Å². The van der Waals surface area contributed by atoms with Crippen molar-refractivity contribution in [3.05, 3.63) is 52.7 Å². The molecule has 1 aromatic heterocycles. The predicted molar refractivity (Wildman–Crippen MR) is 76.3 cm³/mol. The topological polar surface area (TPSA) is 58.2 Å². The normalized spacial score (nSPS) is 9.89. The smallest absolute Gasteiger partial charge is 0.261 e. The first-order chi connectivity index (χ1) is 9.25. The molecule has 0 spiro atoms. The number of thiophene rings is 1. The van der Waals surface area contributed by atoms with Crippen molar-refractivity contribution < 1.29 is 9.59 Å². The minimum Gasteiger partial charge on any atom is -0.351 e. The number of amides is 2. The van der Waals surface area contributed by atoms with Crippen molar-refractivity contribution in [3.63, 3.8) is 0 Å². The average Bonchev–Trinajstić information content (AvgIpc) is 2.93. The van der Waals surface area contributed by atoms with Gasteiger partial charge in [0.25, 0.3) is 5.91 Å². The molecule has 2 aromatic rings. The summed E-state index contributed by atoms with van der Waals surface area (Å²) in [6.07, 6.45) is 0.256. The molecule has 0 unspecified atom stereocenters. The second-order valence-electron chi connectivity index (χ2n) is 3.90. The number of hydrogen-bond acceptors (Lipinski definition) is 3. The van der Waals surface area contributed by atoms with Crippen molar-refractivity contribution in [2.24, 2.45) is 0 Å². The van der Waals surface area contributed by atoms with Crippen molar-refractivity contribution in [1.29, 1.82) is 0 Å². The molecule has 0 aliphatic heterocycles. The van der Waals surface area contributed by atoms with Crippen LogP contribution < -0.4 is 10.6 Å². The van der Waals surface area contributed by atoms with E-state index in [9.17, 15) is 9.59 Å². The maximum absolute atomic E-state index is 11.6. The van der Waals surface area contributed by atoms with E-state index < -0.39 is 0 Å². The van der Waals surface area contributed by atoms with E-state index >= 15 is 0 Å². The van der Waals surface area contributed by atoms with E-state index in [1.807, 2.05) is 41.8 Å². The molecule has 98 valence electrons. The van der Waals surface area contributed by atoms with Crippen molar-refractivity contribution in [2.45, 2.75) is 6.42 Å². The zero-order valence-corrected chi connectivity index (χ0v) is 11.1. The van der Waals surface area contributed by atoms with Crippen LogP contribution in [-0.4, -0.2) is 18.4 Å². The summed E-state index contributed by atoms with van der Waals surface area (Å²) in [5.74, 6) is -0.250. The number of anilines is 1. The van der Waals surface area contributed by atoms with Crippen LogP contribution in [0.1, 0.15) is 16.1 Å². The first-order valence-corrected chi connectivity index (χ1v) is 6.80. The van der Waals surface area contributed by atoms with Gasteiger partial charge in [0.05, 0.1) is 4.88 Å². The highest BCUT2D eigenvalue weighted by Crippen LogP contribution is 2.08. The third-order valence-corrected chi connectivity index (χ3v) is 3.31. The van der Waals surface area contributed by atoms with Gasteiger partial charge in [-0.15, -0.1) is 11.3 Å². The molecule has 0 fully saturated rings. The van der Waals surface area contributed by atoms with Gasteiger partial charge in [0.2, 0.25) is 5.91 Å². The quantitative estimate of drug-likeness (QED) is 0.880. The molecular weight excluding hydrogens is 260 g/mol. The lowest BCUT2D eigenvalue weighted by Crippen LogP contribution is -2.27. The van der Waals surface area contributed by atoms with Crippen molar-refractivity contribution >= 4 is 28.8 Å². The van der Waals surface area contributed by atoms with Gasteiger partial charge >= 0.3 is 0 Å². The Balaban J connectivity index is 1.71. The van der Waals surface area contributed by atoms with Crippen LogP contribution in [0.2, 0.25) is 0 Å². The Hall–Kier alpha value is -2.14. The molecule has 4 nitrogen and oxygen atoms in total. The Morgan fingerprint density at radius 3 is 2.53 bits per heavy atom. The molecule has 19 heavy (non-hydrogen) atoms. The van der Waals surface area contributed by atoms with E-state index in [1.165, 1.54) is 11.3 Å². The van der Waals surface area contributed by atoms with Gasteiger partial charge in [-0.2, -0.15) is 0 Å². The average molecular weight is 274 g/mol. The van der Waals surface area contributed by atoms with Gasteiger partial charge in [0.1, 0.15) is 0 Å². The Morgan fingerprint density at radius 1 is 1.05 bits per heavy atom. The highest BCUT2D eigenvalue weighted by Gasteiger charge is 2.07. The van der Waals surface area contributed by atoms with Crippen LogP contribution in [0.4, 0.5) is 5.69 Å². The fourth-order valence-electron chi connectivity index (χ4n) is 1.53. The molecule has 1 heterocycles. The fourth-order valence-corrected chi connectivity index (χ4v) is 2.17. The Morgan fingerprint density at radius 2 is 1.84 bits per heavy atom. The highest BCUT2D eigenvalue weighted by molar-refractivity contribution is 7.12. The monoisotopic (exact) mass is 274 g/mol. The summed E-state index contributed by atoms with van der Waals surface area (Å²) in [7, 11) is 0. The fraction of sp³-hybridized carbons (Fsp3) is 0.143. The summed E-state index contributed by atoms with van der Waals surface area (Å²) in [5.41, 5.74) is 0.761. The summed E-state index contributed by atoms with van der Waals surface area (Å²) >= 11 is 1.38. The Kier molecular flexibility index (Phi) is 4.69. The van der Waals surface area contributed by atoms with Crippen molar-refractivity contribution in [2.75, 3.05) is 11.9 Å². The molecule has 1 aromatic carbocycles. The number of carbonyl (C=O) groups is 2. The summed E-state index contributed by atoms with van der Waals surface area (Å²) in [4.78, 5) is 23.9. The summed E-state index contributed by atoms with van der Waals surface area (Å²) in [6, 6.07) is 12.8. The summed E-state index contributed by atoms with van der Waals surface area (Å²) in [5, 5.41) is 7.32. The van der Waals surface area contributed by atoms with Gasteiger partial charge in [-0.3, -0.25) is 9.59 Å². The lowest BCUT2D eigenvalue weighted by atomic mass is 10.3. The number of nitrogens with one attached hydrogen (secondary N) is 2. The molecule has 0 bridgehead atoms. The van der Waals surface area contributed by atoms with Gasteiger partial charge < -0.3 is 10.6 Å². The van der Waals surface area contributed by atoms with Gasteiger partial charge in [-0.25, -0.2) is 0 Å².